The zero-order chi connectivity index (χ0) is 12.8. The van der Waals surface area contributed by atoms with Crippen LogP contribution in [-0.2, 0) is 12.3 Å². The summed E-state index contributed by atoms with van der Waals surface area (Å²) in [6.45, 7) is 0.857. The molecule has 0 fully saturated rings. The molecule has 0 spiro atoms. The average Bonchev–Trinajstić information content (AvgIpc) is 2.37. The summed E-state index contributed by atoms with van der Waals surface area (Å²) < 4.78 is 13.0. The molecule has 18 heavy (non-hydrogen) atoms. The van der Waals surface area contributed by atoms with Crippen molar-refractivity contribution in [1.29, 1.82) is 0 Å². The third kappa shape index (κ3) is 3.82. The summed E-state index contributed by atoms with van der Waals surface area (Å²) in [7, 11) is 1.93. The molecule has 2 nitrogen and oxygen atoms in total. The molecule has 94 valence electrons. The minimum absolute atomic E-state index is 0.281. The Morgan fingerprint density at radius 3 is 2.89 bits per heavy atom. The van der Waals surface area contributed by atoms with E-state index in [1.54, 1.807) is 18.0 Å². The minimum Gasteiger partial charge on any atom is -0.316 e. The molecular formula is C14H15FN2S. The van der Waals surface area contributed by atoms with Crippen LogP contribution in [0.15, 0.2) is 47.6 Å². The van der Waals surface area contributed by atoms with Gasteiger partial charge in [-0.1, -0.05) is 12.1 Å². The van der Waals surface area contributed by atoms with Gasteiger partial charge in [-0.15, -0.1) is 11.8 Å². The molecule has 0 unspecified atom stereocenters. The highest BCUT2D eigenvalue weighted by Gasteiger charge is 2.00. The number of hydrogen-bond acceptors (Lipinski definition) is 3. The van der Waals surface area contributed by atoms with Crippen LogP contribution in [0.2, 0.25) is 0 Å². The topological polar surface area (TPSA) is 24.9 Å². The SMILES string of the molecule is CNCc1cccc(SCc2cncc(F)c2)c1. The highest BCUT2D eigenvalue weighted by molar-refractivity contribution is 7.98. The van der Waals surface area contributed by atoms with Crippen molar-refractivity contribution in [3.63, 3.8) is 0 Å². The molecule has 2 rings (SSSR count). The second-order valence-corrected chi connectivity index (χ2v) is 5.03. The highest BCUT2D eigenvalue weighted by Crippen LogP contribution is 2.23. The number of pyridine rings is 1. The van der Waals surface area contributed by atoms with Gasteiger partial charge in [0.1, 0.15) is 5.82 Å². The van der Waals surface area contributed by atoms with Crippen LogP contribution in [0.5, 0.6) is 0 Å². The number of benzene rings is 1. The monoisotopic (exact) mass is 262 g/mol. The molecule has 0 saturated carbocycles. The quantitative estimate of drug-likeness (QED) is 0.837. The number of halogens is 1. The van der Waals surface area contributed by atoms with Crippen molar-refractivity contribution >= 4 is 11.8 Å². The molecule has 1 heterocycles. The number of aromatic nitrogens is 1. The second kappa shape index (κ2) is 6.52. The van der Waals surface area contributed by atoms with E-state index in [-0.39, 0.29) is 5.82 Å². The van der Waals surface area contributed by atoms with Crippen LogP contribution in [0.25, 0.3) is 0 Å². The number of hydrogen-bond donors (Lipinski definition) is 1. The molecule has 2 aromatic rings. The summed E-state index contributed by atoms with van der Waals surface area (Å²) in [5.74, 6) is 0.449. The summed E-state index contributed by atoms with van der Waals surface area (Å²) in [5, 5.41) is 3.12. The van der Waals surface area contributed by atoms with E-state index in [0.29, 0.717) is 0 Å². The first kappa shape index (κ1) is 13.1. The molecule has 0 aliphatic heterocycles. The van der Waals surface area contributed by atoms with Crippen molar-refractivity contribution in [2.24, 2.45) is 0 Å². The average molecular weight is 262 g/mol. The fraction of sp³-hybridized carbons (Fsp3) is 0.214. The zero-order valence-corrected chi connectivity index (χ0v) is 11.0. The lowest BCUT2D eigenvalue weighted by Crippen LogP contribution is -2.04. The van der Waals surface area contributed by atoms with Gasteiger partial charge in [-0.3, -0.25) is 4.98 Å². The van der Waals surface area contributed by atoms with Crippen LogP contribution < -0.4 is 5.32 Å². The van der Waals surface area contributed by atoms with Gasteiger partial charge in [0.25, 0.3) is 0 Å². The Balaban J connectivity index is 1.99. The molecule has 4 heteroatoms. The van der Waals surface area contributed by atoms with Crippen molar-refractivity contribution in [3.8, 4) is 0 Å². The fourth-order valence-corrected chi connectivity index (χ4v) is 2.55. The van der Waals surface area contributed by atoms with Gasteiger partial charge < -0.3 is 5.32 Å². The number of thioether (sulfide) groups is 1. The van der Waals surface area contributed by atoms with Crippen molar-refractivity contribution < 1.29 is 4.39 Å². The fourth-order valence-electron chi connectivity index (χ4n) is 1.65. The summed E-state index contributed by atoms with van der Waals surface area (Å²) in [6.07, 6.45) is 2.93. The van der Waals surface area contributed by atoms with Crippen LogP contribution in [-0.4, -0.2) is 12.0 Å². The van der Waals surface area contributed by atoms with Gasteiger partial charge in [-0.2, -0.15) is 0 Å². The minimum atomic E-state index is -0.281. The van der Waals surface area contributed by atoms with E-state index in [2.05, 4.69) is 28.5 Å². The van der Waals surface area contributed by atoms with E-state index in [9.17, 15) is 4.39 Å². The molecule has 1 aromatic carbocycles. The second-order valence-electron chi connectivity index (χ2n) is 3.98. The Morgan fingerprint density at radius 2 is 2.11 bits per heavy atom. The zero-order valence-electron chi connectivity index (χ0n) is 10.2. The molecule has 0 saturated heterocycles. The molecular weight excluding hydrogens is 247 g/mol. The van der Waals surface area contributed by atoms with Gasteiger partial charge in [-0.05, 0) is 36.4 Å². The van der Waals surface area contributed by atoms with Crippen molar-refractivity contribution in [3.05, 3.63) is 59.7 Å². The van der Waals surface area contributed by atoms with Gasteiger partial charge in [0, 0.05) is 23.4 Å². The molecule has 0 amide bonds. The summed E-state index contributed by atoms with van der Waals surface area (Å²) in [6, 6.07) is 9.87. The molecule has 1 N–H and O–H groups in total. The van der Waals surface area contributed by atoms with Gasteiger partial charge in [0.15, 0.2) is 0 Å². The normalized spacial score (nSPS) is 10.6. The lowest BCUT2D eigenvalue weighted by atomic mass is 10.2. The lowest BCUT2D eigenvalue weighted by molar-refractivity contribution is 0.619. The van der Waals surface area contributed by atoms with Crippen molar-refractivity contribution in [1.82, 2.24) is 10.3 Å². The Hall–Kier alpha value is -1.39. The first-order chi connectivity index (χ1) is 8.78. The molecule has 0 bridgehead atoms. The first-order valence-corrected chi connectivity index (χ1v) is 6.72. The predicted octanol–water partition coefficient (Wildman–Crippen LogP) is 3.23. The Morgan fingerprint density at radius 1 is 1.22 bits per heavy atom. The van der Waals surface area contributed by atoms with Crippen LogP contribution in [0, 0.1) is 5.82 Å². The summed E-state index contributed by atoms with van der Waals surface area (Å²) in [4.78, 5) is 5.03. The van der Waals surface area contributed by atoms with E-state index >= 15 is 0 Å². The maximum absolute atomic E-state index is 13.0. The summed E-state index contributed by atoms with van der Waals surface area (Å²) in [5.41, 5.74) is 2.15. The number of nitrogens with zero attached hydrogens (tertiary/aromatic N) is 1. The maximum atomic E-state index is 13.0. The highest BCUT2D eigenvalue weighted by atomic mass is 32.2. The first-order valence-electron chi connectivity index (χ1n) is 5.73. The van der Waals surface area contributed by atoms with E-state index in [1.807, 2.05) is 13.1 Å². The van der Waals surface area contributed by atoms with Crippen molar-refractivity contribution in [2.75, 3.05) is 7.05 Å². The van der Waals surface area contributed by atoms with Crippen molar-refractivity contribution in [2.45, 2.75) is 17.2 Å². The maximum Gasteiger partial charge on any atom is 0.141 e. The summed E-state index contributed by atoms with van der Waals surface area (Å²) >= 11 is 1.69. The van der Waals surface area contributed by atoms with E-state index < -0.39 is 0 Å². The Labute approximate surface area is 111 Å². The van der Waals surface area contributed by atoms with Gasteiger partial charge >= 0.3 is 0 Å². The molecule has 1 aromatic heterocycles. The standard InChI is InChI=1S/C14H15FN2S/c1-16-7-11-3-2-4-14(6-11)18-10-12-5-13(15)9-17-8-12/h2-6,8-9,16H,7,10H2,1H3. The third-order valence-electron chi connectivity index (χ3n) is 2.45. The largest absolute Gasteiger partial charge is 0.316 e. The Bertz CT molecular complexity index is 517. The lowest BCUT2D eigenvalue weighted by Gasteiger charge is -2.05. The van der Waals surface area contributed by atoms with Crippen LogP contribution in [0.1, 0.15) is 11.1 Å². The van der Waals surface area contributed by atoms with E-state index in [4.69, 9.17) is 0 Å². The number of nitrogens with one attached hydrogen (secondary N) is 1. The van der Waals surface area contributed by atoms with Crippen LogP contribution in [0.3, 0.4) is 0 Å². The molecule has 0 aliphatic carbocycles. The smallest absolute Gasteiger partial charge is 0.141 e. The molecule has 0 atom stereocenters. The van der Waals surface area contributed by atoms with E-state index in [1.165, 1.54) is 22.7 Å². The van der Waals surface area contributed by atoms with Crippen LogP contribution >= 0.6 is 11.8 Å². The van der Waals surface area contributed by atoms with E-state index in [0.717, 1.165) is 17.9 Å². The van der Waals surface area contributed by atoms with Crippen LogP contribution in [0.4, 0.5) is 4.39 Å². The predicted molar refractivity (Wildman–Crippen MR) is 73.0 cm³/mol. The molecule has 0 aliphatic rings. The Kier molecular flexibility index (Phi) is 4.73. The number of rotatable bonds is 5. The third-order valence-corrected chi connectivity index (χ3v) is 3.51. The van der Waals surface area contributed by atoms with Gasteiger partial charge in [0.2, 0.25) is 0 Å². The van der Waals surface area contributed by atoms with Gasteiger partial charge in [-0.25, -0.2) is 4.39 Å². The van der Waals surface area contributed by atoms with Gasteiger partial charge in [0.05, 0.1) is 6.20 Å². The molecule has 0 radical (unpaired) electrons.